The van der Waals surface area contributed by atoms with E-state index >= 15 is 0 Å². The van der Waals surface area contributed by atoms with Crippen LogP contribution in [0, 0.1) is 0 Å². The van der Waals surface area contributed by atoms with Gasteiger partial charge in [-0.1, -0.05) is 51.3 Å². The van der Waals surface area contributed by atoms with Gasteiger partial charge < -0.3 is 10.2 Å². The second-order valence-electron chi connectivity index (χ2n) is 7.09. The van der Waals surface area contributed by atoms with Crippen molar-refractivity contribution >= 4 is 66.7 Å². The number of nitrogens with one attached hydrogen (secondary N) is 1. The zero-order valence-corrected chi connectivity index (χ0v) is 21.7. The van der Waals surface area contributed by atoms with Gasteiger partial charge >= 0.3 is 0 Å². The van der Waals surface area contributed by atoms with Crippen molar-refractivity contribution in [1.82, 2.24) is 10.2 Å². The van der Waals surface area contributed by atoms with Gasteiger partial charge in [-0.2, -0.15) is 0 Å². The van der Waals surface area contributed by atoms with E-state index in [0.29, 0.717) is 6.54 Å². The highest BCUT2D eigenvalue weighted by Gasteiger charge is 2.30. The molecule has 0 aliphatic rings. The molecular weight excluding hydrogens is 541 g/mol. The second kappa shape index (κ2) is 11.4. The molecule has 1 unspecified atom stereocenters. The third-order valence-corrected chi connectivity index (χ3v) is 7.00. The van der Waals surface area contributed by atoms with E-state index in [2.05, 4.69) is 21.2 Å². The fourth-order valence-electron chi connectivity index (χ4n) is 2.99. The average Bonchev–Trinajstić information content (AvgIpc) is 2.71. The summed E-state index contributed by atoms with van der Waals surface area (Å²) in [4.78, 5) is 27.2. The van der Waals surface area contributed by atoms with Gasteiger partial charge in [0.05, 0.1) is 22.0 Å². The van der Waals surface area contributed by atoms with Gasteiger partial charge in [0.25, 0.3) is 0 Å². The number of anilines is 1. The molecule has 11 heteroatoms. The topological polar surface area (TPSA) is 86.8 Å². The third kappa shape index (κ3) is 7.10. The van der Waals surface area contributed by atoms with Crippen LogP contribution in [0.5, 0.6) is 0 Å². The number of carbonyl (C=O) groups excluding carboxylic acids is 2. The number of benzene rings is 2. The van der Waals surface area contributed by atoms with Crippen LogP contribution in [0.15, 0.2) is 46.9 Å². The Morgan fingerprint density at radius 2 is 1.81 bits per heavy atom. The Balaban J connectivity index is 2.40. The Kier molecular flexibility index (Phi) is 9.39. The number of carbonyl (C=O) groups is 2. The zero-order chi connectivity index (χ0) is 24.1. The van der Waals surface area contributed by atoms with Crippen LogP contribution in [0.3, 0.4) is 0 Å². The van der Waals surface area contributed by atoms with Gasteiger partial charge in [-0.05, 0) is 49.7 Å². The Hall–Kier alpha value is -1.81. The summed E-state index contributed by atoms with van der Waals surface area (Å²) in [6.07, 6.45) is 0.995. The van der Waals surface area contributed by atoms with Crippen LogP contribution >= 0.6 is 39.1 Å². The van der Waals surface area contributed by atoms with Crippen LogP contribution in [0.2, 0.25) is 10.0 Å². The molecule has 32 heavy (non-hydrogen) atoms. The number of rotatable bonds is 9. The SMILES string of the molecule is CCNC(=O)C(C)N(Cc1cccc(Br)c1)C(=O)CN(c1ccc(Cl)c(Cl)c1)S(C)(=O)=O. The maximum Gasteiger partial charge on any atom is 0.244 e. The largest absolute Gasteiger partial charge is 0.355 e. The molecule has 0 fully saturated rings. The molecule has 2 aromatic carbocycles. The van der Waals surface area contributed by atoms with Gasteiger partial charge in [0, 0.05) is 17.6 Å². The first-order chi connectivity index (χ1) is 14.9. The molecule has 0 saturated carbocycles. The van der Waals surface area contributed by atoms with Gasteiger partial charge in [-0.25, -0.2) is 8.42 Å². The van der Waals surface area contributed by atoms with Crippen LogP contribution in [-0.4, -0.2) is 50.5 Å². The van der Waals surface area contributed by atoms with Crippen LogP contribution in [0.25, 0.3) is 0 Å². The molecule has 7 nitrogen and oxygen atoms in total. The monoisotopic (exact) mass is 563 g/mol. The molecule has 0 radical (unpaired) electrons. The lowest BCUT2D eigenvalue weighted by Gasteiger charge is -2.31. The molecule has 174 valence electrons. The van der Waals surface area contributed by atoms with Crippen molar-refractivity contribution in [3.63, 3.8) is 0 Å². The smallest absolute Gasteiger partial charge is 0.244 e. The van der Waals surface area contributed by atoms with Gasteiger partial charge in [-0.15, -0.1) is 0 Å². The maximum absolute atomic E-state index is 13.3. The van der Waals surface area contributed by atoms with Crippen molar-refractivity contribution in [2.24, 2.45) is 0 Å². The molecule has 0 aliphatic heterocycles. The molecule has 0 bridgehead atoms. The summed E-state index contributed by atoms with van der Waals surface area (Å²) in [5, 5.41) is 3.12. The molecule has 0 aliphatic carbocycles. The average molecular weight is 565 g/mol. The van der Waals surface area contributed by atoms with E-state index in [4.69, 9.17) is 23.2 Å². The van der Waals surface area contributed by atoms with Gasteiger partial charge in [0.2, 0.25) is 21.8 Å². The predicted molar refractivity (Wildman–Crippen MR) is 131 cm³/mol. The Labute approximate surface area is 206 Å². The van der Waals surface area contributed by atoms with E-state index in [1.54, 1.807) is 13.8 Å². The molecule has 0 aromatic heterocycles. The Morgan fingerprint density at radius 1 is 1.12 bits per heavy atom. The van der Waals surface area contributed by atoms with Crippen molar-refractivity contribution in [2.75, 3.05) is 23.7 Å². The number of likely N-dealkylation sites (N-methyl/N-ethyl adjacent to an activating group) is 1. The summed E-state index contributed by atoms with van der Waals surface area (Å²) in [5.41, 5.74) is 0.979. The number of amides is 2. The highest BCUT2D eigenvalue weighted by molar-refractivity contribution is 9.10. The zero-order valence-electron chi connectivity index (χ0n) is 17.8. The highest BCUT2D eigenvalue weighted by Crippen LogP contribution is 2.28. The molecule has 1 N–H and O–H groups in total. The predicted octanol–water partition coefficient (Wildman–Crippen LogP) is 4.08. The first kappa shape index (κ1) is 26.4. The number of nitrogens with zero attached hydrogens (tertiary/aromatic N) is 2. The number of halogens is 3. The van der Waals surface area contributed by atoms with E-state index in [0.717, 1.165) is 20.6 Å². The lowest BCUT2D eigenvalue weighted by atomic mass is 10.1. The van der Waals surface area contributed by atoms with Crippen molar-refractivity contribution in [2.45, 2.75) is 26.4 Å². The molecular formula is C21H24BrCl2N3O4S. The van der Waals surface area contributed by atoms with Crippen molar-refractivity contribution in [3.05, 3.63) is 62.5 Å². The maximum atomic E-state index is 13.3. The summed E-state index contributed by atoms with van der Waals surface area (Å²) >= 11 is 15.4. The van der Waals surface area contributed by atoms with Crippen LogP contribution in [0.1, 0.15) is 19.4 Å². The van der Waals surface area contributed by atoms with Crippen molar-refractivity contribution in [1.29, 1.82) is 0 Å². The minimum absolute atomic E-state index is 0.121. The summed E-state index contributed by atoms with van der Waals surface area (Å²) in [7, 11) is -3.84. The molecule has 1 atom stereocenters. The second-order valence-corrected chi connectivity index (χ2v) is 10.7. The van der Waals surface area contributed by atoms with E-state index in [-0.39, 0.29) is 28.2 Å². The quantitative estimate of drug-likeness (QED) is 0.497. The number of sulfonamides is 1. The lowest BCUT2D eigenvalue weighted by Crippen LogP contribution is -2.51. The number of hydrogen-bond donors (Lipinski definition) is 1. The molecule has 0 heterocycles. The Bertz CT molecular complexity index is 1100. The van der Waals surface area contributed by atoms with E-state index in [9.17, 15) is 18.0 Å². The first-order valence-corrected chi connectivity index (χ1v) is 13.1. The van der Waals surface area contributed by atoms with Gasteiger partial charge in [0.1, 0.15) is 12.6 Å². The van der Waals surface area contributed by atoms with Crippen LogP contribution in [-0.2, 0) is 26.2 Å². The van der Waals surface area contributed by atoms with E-state index in [1.165, 1.54) is 23.1 Å². The lowest BCUT2D eigenvalue weighted by molar-refractivity contribution is -0.139. The van der Waals surface area contributed by atoms with Crippen molar-refractivity contribution < 1.29 is 18.0 Å². The molecule has 0 saturated heterocycles. The van der Waals surface area contributed by atoms with Crippen molar-refractivity contribution in [3.8, 4) is 0 Å². The Morgan fingerprint density at radius 3 is 2.38 bits per heavy atom. The van der Waals surface area contributed by atoms with Crippen LogP contribution in [0.4, 0.5) is 5.69 Å². The standard InChI is InChI=1S/C21H24BrCl2N3O4S/c1-4-25-21(29)14(2)26(12-15-6-5-7-16(22)10-15)20(28)13-27(32(3,30)31)17-8-9-18(23)19(24)11-17/h5-11,14H,4,12-13H2,1-3H3,(H,25,29). The molecule has 0 spiro atoms. The summed E-state index contributed by atoms with van der Waals surface area (Å²) in [5.74, 6) is -0.878. The first-order valence-electron chi connectivity index (χ1n) is 9.68. The molecule has 2 amide bonds. The van der Waals surface area contributed by atoms with E-state index < -0.39 is 28.5 Å². The molecule has 2 rings (SSSR count). The molecule has 2 aromatic rings. The highest BCUT2D eigenvalue weighted by atomic mass is 79.9. The summed E-state index contributed by atoms with van der Waals surface area (Å²) < 4.78 is 26.7. The summed E-state index contributed by atoms with van der Waals surface area (Å²) in [6.45, 7) is 3.40. The fourth-order valence-corrected chi connectivity index (χ4v) is 4.57. The van der Waals surface area contributed by atoms with Gasteiger partial charge in [-0.3, -0.25) is 13.9 Å². The number of hydrogen-bond acceptors (Lipinski definition) is 4. The van der Waals surface area contributed by atoms with Crippen LogP contribution < -0.4 is 9.62 Å². The third-order valence-electron chi connectivity index (χ3n) is 4.63. The minimum atomic E-state index is -3.84. The summed E-state index contributed by atoms with van der Waals surface area (Å²) in [6, 6.07) is 10.8. The van der Waals surface area contributed by atoms with Gasteiger partial charge in [0.15, 0.2) is 0 Å². The van der Waals surface area contributed by atoms with E-state index in [1.807, 2.05) is 24.3 Å². The fraction of sp³-hybridized carbons (Fsp3) is 0.333. The minimum Gasteiger partial charge on any atom is -0.355 e. The normalized spacial score (nSPS) is 12.2.